The summed E-state index contributed by atoms with van der Waals surface area (Å²) in [5.41, 5.74) is -0.445. The molecule has 0 saturated carbocycles. The summed E-state index contributed by atoms with van der Waals surface area (Å²) in [5, 5.41) is 9.27. The van der Waals surface area contributed by atoms with Gasteiger partial charge in [0.05, 0.1) is 18.2 Å². The van der Waals surface area contributed by atoms with E-state index < -0.39 is 41.1 Å². The molecule has 40 heavy (non-hydrogen) atoms. The number of esters is 1. The van der Waals surface area contributed by atoms with Gasteiger partial charge in [0.1, 0.15) is 11.2 Å². The second-order valence-corrected chi connectivity index (χ2v) is 12.1. The fourth-order valence-corrected chi connectivity index (χ4v) is 6.32. The minimum Gasteiger partial charge on any atom is -0.463 e. The van der Waals surface area contributed by atoms with Gasteiger partial charge in [-0.15, -0.1) is 0 Å². The molecule has 3 N–H and O–H groups in total. The van der Waals surface area contributed by atoms with Crippen LogP contribution in [0.1, 0.15) is 54.8 Å². The number of methoxy groups -OCH3 is 1. The Hall–Kier alpha value is -3.40. The highest BCUT2D eigenvalue weighted by molar-refractivity contribution is 6.31. The number of fused-ring (bicyclic) bond motifs is 2. The van der Waals surface area contributed by atoms with Crippen molar-refractivity contribution in [3.63, 3.8) is 0 Å². The Morgan fingerprint density at radius 3 is 2.60 bits per heavy atom. The minimum absolute atomic E-state index is 0.00565. The lowest BCUT2D eigenvalue weighted by Crippen LogP contribution is -2.49. The summed E-state index contributed by atoms with van der Waals surface area (Å²) in [6.07, 6.45) is 0.470. The van der Waals surface area contributed by atoms with Crippen LogP contribution in [0.25, 0.3) is 0 Å². The predicted octanol–water partition coefficient (Wildman–Crippen LogP) is 5.90. The minimum atomic E-state index is -1.39. The summed E-state index contributed by atoms with van der Waals surface area (Å²) >= 11 is 12.5. The maximum atomic E-state index is 15.8. The summed E-state index contributed by atoms with van der Waals surface area (Å²) in [7, 11) is 1.21. The van der Waals surface area contributed by atoms with Gasteiger partial charge in [-0.05, 0) is 47.2 Å². The quantitative estimate of drug-likeness (QED) is 0.320. The first-order valence-electron chi connectivity index (χ1n) is 12.7. The van der Waals surface area contributed by atoms with Crippen molar-refractivity contribution in [3.8, 4) is 0 Å². The van der Waals surface area contributed by atoms with E-state index in [4.69, 9.17) is 27.6 Å². The molecule has 5 rings (SSSR count). The lowest BCUT2D eigenvalue weighted by atomic mass is 9.62. The molecular formula is C29H28Cl2FN3O5. The summed E-state index contributed by atoms with van der Waals surface area (Å²) in [4.78, 5) is 39.9. The Kier molecular flexibility index (Phi) is 7.18. The van der Waals surface area contributed by atoms with Crippen molar-refractivity contribution in [2.24, 2.45) is 5.41 Å². The fraction of sp³-hybridized carbons (Fsp3) is 0.345. The molecule has 1 saturated heterocycles. The molecule has 1 spiro atoms. The van der Waals surface area contributed by atoms with Gasteiger partial charge in [0.15, 0.2) is 0 Å². The van der Waals surface area contributed by atoms with Gasteiger partial charge in [-0.2, -0.15) is 0 Å². The van der Waals surface area contributed by atoms with E-state index in [1.807, 2.05) is 20.8 Å². The molecule has 210 valence electrons. The lowest BCUT2D eigenvalue weighted by molar-refractivity contribution is -0.122. The number of anilines is 2. The number of amides is 2. The van der Waals surface area contributed by atoms with Gasteiger partial charge in [0, 0.05) is 28.7 Å². The Bertz CT molecular complexity index is 1520. The number of hydrogen-bond donors (Lipinski definition) is 3. The highest BCUT2D eigenvalue weighted by Gasteiger charge is 2.66. The van der Waals surface area contributed by atoms with E-state index in [2.05, 4.69) is 20.7 Å². The number of carbonyl (C=O) groups is 3. The number of hydrogen-bond acceptors (Lipinski definition) is 6. The van der Waals surface area contributed by atoms with Crippen LogP contribution in [0.2, 0.25) is 10.0 Å². The van der Waals surface area contributed by atoms with E-state index in [0.717, 1.165) is 0 Å². The number of nitrogens with one attached hydrogen (secondary N) is 3. The van der Waals surface area contributed by atoms with E-state index in [9.17, 15) is 14.4 Å². The molecule has 3 heterocycles. The molecule has 1 fully saturated rings. The molecule has 0 bridgehead atoms. The monoisotopic (exact) mass is 587 g/mol. The van der Waals surface area contributed by atoms with E-state index >= 15 is 4.39 Å². The molecule has 2 aliphatic heterocycles. The molecule has 1 unspecified atom stereocenters. The fourth-order valence-electron chi connectivity index (χ4n) is 5.97. The van der Waals surface area contributed by atoms with Crippen LogP contribution in [0.15, 0.2) is 52.9 Å². The van der Waals surface area contributed by atoms with Gasteiger partial charge in [0.2, 0.25) is 23.5 Å². The highest BCUT2D eigenvalue weighted by Crippen LogP contribution is 2.57. The average molecular weight is 588 g/mol. The number of ether oxygens (including phenoxy) is 1. The van der Waals surface area contributed by atoms with Crippen LogP contribution in [-0.4, -0.2) is 37.0 Å². The number of carbonyl (C=O) groups excluding carboxylic acids is 3. The number of halogens is 3. The number of rotatable bonds is 5. The molecule has 0 aliphatic carbocycles. The zero-order valence-electron chi connectivity index (χ0n) is 22.2. The first-order chi connectivity index (χ1) is 18.9. The van der Waals surface area contributed by atoms with Crippen molar-refractivity contribution in [2.45, 2.75) is 50.6 Å². The molecule has 0 radical (unpaired) electrons. The van der Waals surface area contributed by atoms with Crippen molar-refractivity contribution in [2.75, 3.05) is 17.7 Å². The van der Waals surface area contributed by atoms with Crippen molar-refractivity contribution < 1.29 is 27.9 Å². The first-order valence-corrected chi connectivity index (χ1v) is 13.4. The molecule has 11 heteroatoms. The van der Waals surface area contributed by atoms with Crippen molar-refractivity contribution in [1.29, 1.82) is 0 Å². The van der Waals surface area contributed by atoms with E-state index in [1.54, 1.807) is 30.3 Å². The first kappa shape index (κ1) is 28.1. The Morgan fingerprint density at radius 1 is 1.15 bits per heavy atom. The SMILES string of the molecule is COC(=O)c1ccc(NC(=O)[C@@H]2N[C@@H](CC(C)(C)C)C3(C(=O)Nc4cc(Cl)ccc43)[C@H]2c2cccc(Cl)c2F)o1. The van der Waals surface area contributed by atoms with Crippen LogP contribution < -0.4 is 16.0 Å². The van der Waals surface area contributed by atoms with E-state index in [-0.39, 0.29) is 33.6 Å². The van der Waals surface area contributed by atoms with Crippen LogP contribution in [0.4, 0.5) is 16.0 Å². The van der Waals surface area contributed by atoms with Crippen molar-refractivity contribution >= 4 is 52.6 Å². The predicted molar refractivity (Wildman–Crippen MR) is 149 cm³/mol. The largest absolute Gasteiger partial charge is 0.463 e. The van der Waals surface area contributed by atoms with Gasteiger partial charge < -0.3 is 19.8 Å². The lowest BCUT2D eigenvalue weighted by Gasteiger charge is -2.37. The standard InChI is InChI=1S/C29H28Cl2FN3O5/c1-28(2,3)13-20-29(16-9-8-14(30)12-18(16)33-27(29)38)22(15-6-5-7-17(31)23(15)32)24(34-20)25(36)35-21-11-10-19(40-21)26(37)39-4/h5-12,20,22,24,34H,13H2,1-4H3,(H,33,38)(H,35,36)/t20-,22-,24+,29?/m0/s1. The third kappa shape index (κ3) is 4.66. The molecular weight excluding hydrogens is 560 g/mol. The van der Waals surface area contributed by atoms with Crippen LogP contribution in [0, 0.1) is 11.2 Å². The second-order valence-electron chi connectivity index (χ2n) is 11.2. The van der Waals surface area contributed by atoms with E-state index in [0.29, 0.717) is 22.7 Å². The van der Waals surface area contributed by atoms with Crippen LogP contribution in [0.3, 0.4) is 0 Å². The normalized spacial score (nSPS) is 23.7. The van der Waals surface area contributed by atoms with Gasteiger partial charge in [-0.1, -0.05) is 62.2 Å². The summed E-state index contributed by atoms with van der Waals surface area (Å²) in [5.74, 6) is -3.51. The summed E-state index contributed by atoms with van der Waals surface area (Å²) in [6.45, 7) is 6.08. The molecule has 3 aromatic rings. The van der Waals surface area contributed by atoms with Crippen LogP contribution >= 0.6 is 23.2 Å². The average Bonchev–Trinajstić information content (AvgIpc) is 3.55. The molecule has 2 aromatic carbocycles. The Morgan fingerprint density at radius 2 is 1.90 bits per heavy atom. The molecule has 2 aliphatic rings. The van der Waals surface area contributed by atoms with Crippen molar-refractivity contribution in [1.82, 2.24) is 5.32 Å². The van der Waals surface area contributed by atoms with Crippen LogP contribution in [-0.2, 0) is 19.7 Å². The summed E-state index contributed by atoms with van der Waals surface area (Å²) < 4.78 is 25.9. The van der Waals surface area contributed by atoms with Gasteiger partial charge in [-0.3, -0.25) is 14.9 Å². The maximum absolute atomic E-state index is 15.8. The summed E-state index contributed by atoms with van der Waals surface area (Å²) in [6, 6.07) is 10.7. The molecule has 8 nitrogen and oxygen atoms in total. The van der Waals surface area contributed by atoms with Gasteiger partial charge in [-0.25, -0.2) is 9.18 Å². The van der Waals surface area contributed by atoms with Gasteiger partial charge in [0.25, 0.3) is 0 Å². The molecule has 1 aromatic heterocycles. The second kappa shape index (κ2) is 10.2. The highest BCUT2D eigenvalue weighted by atomic mass is 35.5. The van der Waals surface area contributed by atoms with Crippen LogP contribution in [0.5, 0.6) is 0 Å². The maximum Gasteiger partial charge on any atom is 0.374 e. The van der Waals surface area contributed by atoms with Crippen molar-refractivity contribution in [3.05, 3.63) is 81.3 Å². The topological polar surface area (TPSA) is 110 Å². The smallest absolute Gasteiger partial charge is 0.374 e. The molecule has 2 amide bonds. The zero-order chi connectivity index (χ0) is 29.0. The van der Waals surface area contributed by atoms with E-state index in [1.165, 1.54) is 25.3 Å². The Labute approximate surface area is 240 Å². The third-order valence-electron chi connectivity index (χ3n) is 7.46. The number of furan rings is 1. The zero-order valence-corrected chi connectivity index (χ0v) is 23.7. The number of benzene rings is 2. The molecule has 4 atom stereocenters. The van der Waals surface area contributed by atoms with Gasteiger partial charge >= 0.3 is 5.97 Å². The third-order valence-corrected chi connectivity index (χ3v) is 7.99. The Balaban J connectivity index is 1.68.